The summed E-state index contributed by atoms with van der Waals surface area (Å²) in [6.45, 7) is 2.71. The minimum atomic E-state index is -3.65. The molecular weight excluding hydrogens is 377 g/mol. The third-order valence-corrected chi connectivity index (χ3v) is 7.63. The molecule has 0 bridgehead atoms. The van der Waals surface area contributed by atoms with E-state index in [0.717, 1.165) is 5.56 Å². The van der Waals surface area contributed by atoms with Crippen LogP contribution in [0.2, 0.25) is 5.02 Å². The van der Waals surface area contributed by atoms with Gasteiger partial charge in [-0.05, 0) is 48.9 Å². The molecule has 0 spiro atoms. The Hall–Kier alpha value is -1.47. The normalized spacial score (nSPS) is 25.2. The van der Waals surface area contributed by atoms with Crippen LogP contribution in [0.3, 0.4) is 0 Å². The number of halogens is 2. The topological polar surface area (TPSA) is 69.4 Å². The van der Waals surface area contributed by atoms with Crippen molar-refractivity contribution in [2.24, 2.45) is 11.1 Å². The Labute approximate surface area is 158 Å². The summed E-state index contributed by atoms with van der Waals surface area (Å²) in [5.74, 6) is -0.713. The van der Waals surface area contributed by atoms with Crippen LogP contribution in [0.15, 0.2) is 53.4 Å². The van der Waals surface area contributed by atoms with E-state index in [1.54, 1.807) is 24.3 Å². The molecule has 3 unspecified atom stereocenters. The van der Waals surface area contributed by atoms with Gasteiger partial charge in [-0.3, -0.25) is 0 Å². The van der Waals surface area contributed by atoms with Gasteiger partial charge in [-0.2, -0.15) is 0 Å². The van der Waals surface area contributed by atoms with Crippen molar-refractivity contribution in [1.82, 2.24) is 0 Å². The molecule has 3 atom stereocenters. The standard InChI is InChI=1S/C19H21ClFNO3S/c1-2-25-12-19(11-22)17(13-3-7-15(21)8-4-13)18(19)26(23,24)16-9-5-14(20)6-10-16/h3-10,17-18H,2,11-12,22H2,1H3. The first-order chi connectivity index (χ1) is 12.4. The molecule has 2 aromatic rings. The Morgan fingerprint density at radius 3 is 2.31 bits per heavy atom. The van der Waals surface area contributed by atoms with Gasteiger partial charge in [0.05, 0.1) is 16.8 Å². The van der Waals surface area contributed by atoms with E-state index in [2.05, 4.69) is 0 Å². The minimum Gasteiger partial charge on any atom is -0.381 e. The second-order valence-corrected chi connectivity index (χ2v) is 9.03. The van der Waals surface area contributed by atoms with Crippen molar-refractivity contribution in [1.29, 1.82) is 0 Å². The molecule has 1 saturated carbocycles. The Kier molecular flexibility index (Phi) is 5.40. The van der Waals surface area contributed by atoms with Crippen LogP contribution in [0.25, 0.3) is 0 Å². The lowest BCUT2D eigenvalue weighted by molar-refractivity contribution is 0.101. The number of nitrogens with two attached hydrogens (primary N) is 1. The number of sulfone groups is 1. The molecule has 26 heavy (non-hydrogen) atoms. The SMILES string of the molecule is CCOCC1(CN)C(c2ccc(F)cc2)C1S(=O)(=O)c1ccc(Cl)cc1. The molecule has 1 fully saturated rings. The number of hydrogen-bond donors (Lipinski definition) is 1. The van der Waals surface area contributed by atoms with E-state index >= 15 is 0 Å². The van der Waals surface area contributed by atoms with E-state index in [0.29, 0.717) is 11.6 Å². The number of hydrogen-bond acceptors (Lipinski definition) is 4. The van der Waals surface area contributed by atoms with Gasteiger partial charge in [0.1, 0.15) is 5.82 Å². The zero-order chi connectivity index (χ0) is 18.9. The van der Waals surface area contributed by atoms with Crippen molar-refractivity contribution in [3.63, 3.8) is 0 Å². The first-order valence-corrected chi connectivity index (χ1v) is 10.3. The largest absolute Gasteiger partial charge is 0.381 e. The number of ether oxygens (including phenoxy) is 1. The lowest BCUT2D eigenvalue weighted by Gasteiger charge is -2.16. The fourth-order valence-corrected chi connectivity index (χ4v) is 6.23. The smallest absolute Gasteiger partial charge is 0.182 e. The molecule has 0 amide bonds. The maximum atomic E-state index is 13.3. The molecule has 0 saturated heterocycles. The van der Waals surface area contributed by atoms with Gasteiger partial charge in [-0.15, -0.1) is 0 Å². The molecule has 1 aliphatic rings. The van der Waals surface area contributed by atoms with E-state index in [-0.39, 0.29) is 29.8 Å². The van der Waals surface area contributed by atoms with Crippen molar-refractivity contribution in [2.75, 3.05) is 19.8 Å². The predicted octanol–water partition coefficient (Wildman–Crippen LogP) is 3.40. The highest BCUT2D eigenvalue weighted by Crippen LogP contribution is 2.63. The summed E-state index contributed by atoms with van der Waals surface area (Å²) in [4.78, 5) is 0.200. The van der Waals surface area contributed by atoms with Gasteiger partial charge in [0, 0.05) is 29.5 Å². The fraction of sp³-hybridized carbons (Fsp3) is 0.368. The van der Waals surface area contributed by atoms with E-state index in [1.165, 1.54) is 24.3 Å². The van der Waals surface area contributed by atoms with Crippen LogP contribution in [0.5, 0.6) is 0 Å². The Morgan fingerprint density at radius 2 is 1.77 bits per heavy atom. The maximum absolute atomic E-state index is 13.3. The summed E-state index contributed by atoms with van der Waals surface area (Å²) in [5.41, 5.74) is 6.04. The van der Waals surface area contributed by atoms with Crippen molar-refractivity contribution >= 4 is 21.4 Å². The molecule has 0 aliphatic heterocycles. The van der Waals surface area contributed by atoms with Crippen LogP contribution in [0, 0.1) is 11.2 Å². The Balaban J connectivity index is 2.03. The summed E-state index contributed by atoms with van der Waals surface area (Å²) in [6, 6.07) is 12.0. The highest BCUT2D eigenvalue weighted by atomic mass is 35.5. The van der Waals surface area contributed by atoms with Gasteiger partial charge in [0.15, 0.2) is 9.84 Å². The molecule has 0 radical (unpaired) electrons. The molecule has 4 nitrogen and oxygen atoms in total. The minimum absolute atomic E-state index is 0.159. The molecule has 2 N–H and O–H groups in total. The lowest BCUT2D eigenvalue weighted by atomic mass is 10.00. The van der Waals surface area contributed by atoms with Crippen molar-refractivity contribution in [2.45, 2.75) is 23.0 Å². The van der Waals surface area contributed by atoms with Crippen molar-refractivity contribution in [3.8, 4) is 0 Å². The Bertz CT molecular complexity index is 871. The molecule has 7 heteroatoms. The number of rotatable bonds is 7. The van der Waals surface area contributed by atoms with Crippen molar-refractivity contribution in [3.05, 3.63) is 64.9 Å². The summed E-state index contributed by atoms with van der Waals surface area (Å²) in [5, 5.41) is -0.257. The van der Waals surface area contributed by atoms with E-state index in [9.17, 15) is 12.8 Å². The molecule has 3 rings (SSSR count). The van der Waals surface area contributed by atoms with Crippen LogP contribution >= 0.6 is 11.6 Å². The average Bonchev–Trinajstić information content (AvgIpc) is 3.31. The van der Waals surface area contributed by atoms with Gasteiger partial charge < -0.3 is 10.5 Å². The van der Waals surface area contributed by atoms with E-state index in [4.69, 9.17) is 22.1 Å². The first-order valence-electron chi connectivity index (χ1n) is 8.39. The van der Waals surface area contributed by atoms with Gasteiger partial charge in [-0.1, -0.05) is 23.7 Å². The third kappa shape index (κ3) is 3.27. The van der Waals surface area contributed by atoms with Crippen LogP contribution in [0.4, 0.5) is 4.39 Å². The summed E-state index contributed by atoms with van der Waals surface area (Å²) in [6.07, 6.45) is 0. The summed E-state index contributed by atoms with van der Waals surface area (Å²) in [7, 11) is -3.65. The molecule has 1 aliphatic carbocycles. The Morgan fingerprint density at radius 1 is 1.15 bits per heavy atom. The maximum Gasteiger partial charge on any atom is 0.182 e. The van der Waals surface area contributed by atoms with E-state index < -0.39 is 20.5 Å². The fourth-order valence-electron chi connectivity index (χ4n) is 3.66. The quantitative estimate of drug-likeness (QED) is 0.777. The zero-order valence-corrected chi connectivity index (χ0v) is 15.9. The predicted molar refractivity (Wildman–Crippen MR) is 99.5 cm³/mol. The zero-order valence-electron chi connectivity index (χ0n) is 14.4. The highest BCUT2D eigenvalue weighted by Gasteiger charge is 2.70. The summed E-state index contributed by atoms with van der Waals surface area (Å²) < 4.78 is 45.4. The molecule has 0 heterocycles. The average molecular weight is 398 g/mol. The highest BCUT2D eigenvalue weighted by molar-refractivity contribution is 7.92. The molecule has 0 aromatic heterocycles. The van der Waals surface area contributed by atoms with Crippen LogP contribution in [-0.4, -0.2) is 33.4 Å². The number of benzene rings is 2. The first kappa shape index (κ1) is 19.3. The van der Waals surface area contributed by atoms with Crippen LogP contribution in [0.1, 0.15) is 18.4 Å². The van der Waals surface area contributed by atoms with Crippen molar-refractivity contribution < 1.29 is 17.5 Å². The lowest BCUT2D eigenvalue weighted by Crippen LogP contribution is -2.29. The van der Waals surface area contributed by atoms with E-state index in [1.807, 2.05) is 6.92 Å². The molecule has 140 valence electrons. The van der Waals surface area contributed by atoms with Gasteiger partial charge in [0.2, 0.25) is 0 Å². The van der Waals surface area contributed by atoms with Gasteiger partial charge in [-0.25, -0.2) is 12.8 Å². The van der Waals surface area contributed by atoms with Crippen LogP contribution in [-0.2, 0) is 14.6 Å². The van der Waals surface area contributed by atoms with Gasteiger partial charge in [0.25, 0.3) is 0 Å². The third-order valence-electron chi connectivity index (χ3n) is 5.04. The molecular formula is C19H21ClFNO3S. The second-order valence-electron chi connectivity index (χ2n) is 6.52. The van der Waals surface area contributed by atoms with Crippen LogP contribution < -0.4 is 5.73 Å². The molecule has 2 aromatic carbocycles. The monoisotopic (exact) mass is 397 g/mol. The summed E-state index contributed by atoms with van der Waals surface area (Å²) >= 11 is 5.88. The second kappa shape index (κ2) is 7.27. The van der Waals surface area contributed by atoms with Gasteiger partial charge >= 0.3 is 0 Å².